The molecule has 1 nitrogen and oxygen atoms in total. The van der Waals surface area contributed by atoms with E-state index < -0.39 is 5.41 Å². The van der Waals surface area contributed by atoms with Crippen LogP contribution in [0.2, 0.25) is 0 Å². The Morgan fingerprint density at radius 2 is 0.714 bits per heavy atom. The molecule has 0 saturated heterocycles. The zero-order valence-electron chi connectivity index (χ0n) is 32.2. The van der Waals surface area contributed by atoms with Crippen molar-refractivity contribution >= 4 is 17.1 Å². The summed E-state index contributed by atoms with van der Waals surface area (Å²) < 4.78 is 0. The van der Waals surface area contributed by atoms with Crippen LogP contribution in [0.4, 0.5) is 17.1 Å². The molecule has 0 N–H and O–H groups in total. The minimum Gasteiger partial charge on any atom is -0.309 e. The molecule has 1 aliphatic heterocycles. The molecule has 8 aromatic carbocycles. The van der Waals surface area contributed by atoms with Crippen LogP contribution in [0, 0.1) is 0 Å². The molecular formula is C55H41N. The molecule has 266 valence electrons. The second kappa shape index (κ2) is 10.9. The molecule has 0 fully saturated rings. The van der Waals surface area contributed by atoms with Crippen molar-refractivity contribution in [3.05, 3.63) is 220 Å². The summed E-state index contributed by atoms with van der Waals surface area (Å²) in [4.78, 5) is 2.62. The molecule has 0 bridgehead atoms. The largest absolute Gasteiger partial charge is 0.309 e. The number of rotatable bonds is 1. The van der Waals surface area contributed by atoms with E-state index in [1.807, 2.05) is 0 Å². The van der Waals surface area contributed by atoms with Gasteiger partial charge in [-0.15, -0.1) is 0 Å². The summed E-state index contributed by atoms with van der Waals surface area (Å²) >= 11 is 0. The van der Waals surface area contributed by atoms with Gasteiger partial charge in [0.1, 0.15) is 0 Å². The quantitative estimate of drug-likeness (QED) is 0.164. The molecule has 1 heterocycles. The summed E-state index contributed by atoms with van der Waals surface area (Å²) in [5, 5.41) is 0. The first-order valence-corrected chi connectivity index (χ1v) is 20.0. The Bertz CT molecular complexity index is 2930. The standard InChI is InChI=1S/C55H41N/c1-53(2)41-24-11-7-22-38(41)40-32-48-51(33-47(40)53)56(49-30-16-15-28-45(49)54(48,3)4)50-31-17-29-46-52(50)39-23-10-14-27-44(39)55(46)42-25-12-8-20-36(42)34-18-5-6-19-35(34)37-21-9-13-26-43(37)55/h5-33H,1-4H3. The highest BCUT2D eigenvalue weighted by molar-refractivity contribution is 6.03. The van der Waals surface area contributed by atoms with Crippen LogP contribution in [0.1, 0.15) is 72.2 Å². The van der Waals surface area contributed by atoms with Crippen LogP contribution in [0.5, 0.6) is 0 Å². The van der Waals surface area contributed by atoms with Crippen molar-refractivity contribution in [1.82, 2.24) is 0 Å². The molecule has 0 radical (unpaired) electrons. The average molecular weight is 716 g/mol. The van der Waals surface area contributed by atoms with E-state index in [9.17, 15) is 0 Å². The van der Waals surface area contributed by atoms with Gasteiger partial charge in [-0.2, -0.15) is 0 Å². The van der Waals surface area contributed by atoms with Crippen LogP contribution in [0.3, 0.4) is 0 Å². The van der Waals surface area contributed by atoms with Crippen LogP contribution in [0.25, 0.3) is 44.5 Å². The smallest absolute Gasteiger partial charge is 0.0726 e. The Labute approximate surface area is 329 Å². The van der Waals surface area contributed by atoms with Crippen LogP contribution in [-0.2, 0) is 16.2 Å². The van der Waals surface area contributed by atoms with Gasteiger partial charge in [0.2, 0.25) is 0 Å². The summed E-state index contributed by atoms with van der Waals surface area (Å²) in [7, 11) is 0. The van der Waals surface area contributed by atoms with Gasteiger partial charge in [-0.25, -0.2) is 0 Å². The SMILES string of the molecule is CC1(C)c2ccccc2-c2cc3c(cc21)N(c1cccc2c1-c1ccccc1C21c2ccccc2-c2ccccc2-c2ccccc21)c1ccccc1C3(C)C. The van der Waals surface area contributed by atoms with Gasteiger partial charge in [-0.1, -0.05) is 179 Å². The highest BCUT2D eigenvalue weighted by Gasteiger charge is 2.51. The Morgan fingerprint density at radius 1 is 0.286 bits per heavy atom. The maximum Gasteiger partial charge on any atom is 0.0726 e. The fourth-order valence-electron chi connectivity index (χ4n) is 11.4. The van der Waals surface area contributed by atoms with E-state index in [4.69, 9.17) is 0 Å². The van der Waals surface area contributed by atoms with Crippen molar-refractivity contribution in [1.29, 1.82) is 0 Å². The predicted molar refractivity (Wildman–Crippen MR) is 233 cm³/mol. The van der Waals surface area contributed by atoms with Gasteiger partial charge in [-0.3, -0.25) is 0 Å². The first kappa shape index (κ1) is 31.9. The van der Waals surface area contributed by atoms with E-state index >= 15 is 0 Å². The van der Waals surface area contributed by atoms with Crippen molar-refractivity contribution in [2.45, 2.75) is 43.9 Å². The third kappa shape index (κ3) is 3.76. The van der Waals surface area contributed by atoms with Gasteiger partial charge in [0.15, 0.2) is 0 Å². The van der Waals surface area contributed by atoms with Gasteiger partial charge in [0.05, 0.1) is 22.5 Å². The predicted octanol–water partition coefficient (Wildman–Crippen LogP) is 14.1. The highest BCUT2D eigenvalue weighted by Crippen LogP contribution is 2.65. The molecule has 12 rings (SSSR count). The average Bonchev–Trinajstić information content (AvgIpc) is 3.62. The van der Waals surface area contributed by atoms with Crippen molar-refractivity contribution in [2.24, 2.45) is 0 Å². The molecule has 56 heavy (non-hydrogen) atoms. The number of hydrogen-bond donors (Lipinski definition) is 0. The summed E-state index contributed by atoms with van der Waals surface area (Å²) in [6, 6.07) is 67.0. The van der Waals surface area contributed by atoms with E-state index in [0.717, 1.165) is 0 Å². The number of benzene rings is 8. The van der Waals surface area contributed by atoms with E-state index in [1.165, 1.54) is 106 Å². The van der Waals surface area contributed by atoms with Gasteiger partial charge >= 0.3 is 0 Å². The van der Waals surface area contributed by atoms with Crippen LogP contribution < -0.4 is 4.90 Å². The lowest BCUT2D eigenvalue weighted by Crippen LogP contribution is -2.32. The Hall–Kier alpha value is -6.44. The zero-order valence-corrected chi connectivity index (χ0v) is 32.2. The molecule has 3 aliphatic carbocycles. The zero-order chi connectivity index (χ0) is 37.6. The normalized spacial score (nSPS) is 16.2. The summed E-state index contributed by atoms with van der Waals surface area (Å²) in [5.41, 5.74) is 24.2. The summed E-state index contributed by atoms with van der Waals surface area (Å²) in [5.74, 6) is 0. The molecular weight excluding hydrogens is 675 g/mol. The van der Waals surface area contributed by atoms with Gasteiger partial charge in [0.25, 0.3) is 0 Å². The topological polar surface area (TPSA) is 3.24 Å². The van der Waals surface area contributed by atoms with Crippen molar-refractivity contribution < 1.29 is 0 Å². The Balaban J connectivity index is 1.21. The lowest BCUT2D eigenvalue weighted by atomic mass is 9.66. The lowest BCUT2D eigenvalue weighted by Gasteiger charge is -2.43. The number of para-hydroxylation sites is 1. The highest BCUT2D eigenvalue weighted by atomic mass is 15.2. The van der Waals surface area contributed by atoms with Crippen molar-refractivity contribution in [3.8, 4) is 44.5 Å². The number of anilines is 3. The molecule has 1 spiro atoms. The van der Waals surface area contributed by atoms with E-state index in [-0.39, 0.29) is 10.8 Å². The molecule has 0 amide bonds. The fourth-order valence-corrected chi connectivity index (χ4v) is 11.4. The van der Waals surface area contributed by atoms with Crippen LogP contribution in [0.15, 0.2) is 176 Å². The minimum absolute atomic E-state index is 0.119. The van der Waals surface area contributed by atoms with E-state index in [0.29, 0.717) is 0 Å². The van der Waals surface area contributed by atoms with E-state index in [2.05, 4.69) is 209 Å². The Morgan fingerprint density at radius 3 is 1.34 bits per heavy atom. The molecule has 8 aromatic rings. The maximum atomic E-state index is 2.62. The second-order valence-electron chi connectivity index (χ2n) is 17.2. The van der Waals surface area contributed by atoms with Crippen LogP contribution >= 0.6 is 0 Å². The third-order valence-electron chi connectivity index (χ3n) is 13.9. The second-order valence-corrected chi connectivity index (χ2v) is 17.2. The van der Waals surface area contributed by atoms with Gasteiger partial charge < -0.3 is 4.90 Å². The molecule has 0 unspecified atom stereocenters. The van der Waals surface area contributed by atoms with Crippen molar-refractivity contribution in [3.63, 3.8) is 0 Å². The van der Waals surface area contributed by atoms with E-state index in [1.54, 1.807) is 0 Å². The lowest BCUT2D eigenvalue weighted by molar-refractivity contribution is 0.627. The molecule has 0 aromatic heterocycles. The first-order chi connectivity index (χ1) is 27.3. The number of fused-ring (bicyclic) bond motifs is 17. The number of hydrogen-bond acceptors (Lipinski definition) is 1. The van der Waals surface area contributed by atoms with Crippen LogP contribution in [-0.4, -0.2) is 0 Å². The number of nitrogens with zero attached hydrogens (tertiary/aromatic N) is 1. The van der Waals surface area contributed by atoms with Crippen molar-refractivity contribution in [2.75, 3.05) is 4.90 Å². The molecule has 0 atom stereocenters. The third-order valence-corrected chi connectivity index (χ3v) is 13.9. The van der Waals surface area contributed by atoms with Gasteiger partial charge in [-0.05, 0) is 108 Å². The summed E-state index contributed by atoms with van der Waals surface area (Å²) in [6.45, 7) is 9.62. The maximum absolute atomic E-state index is 2.62. The first-order valence-electron chi connectivity index (χ1n) is 20.0. The molecule has 1 heteroatoms. The molecule has 4 aliphatic rings. The fraction of sp³-hybridized carbons (Fsp3) is 0.127. The Kier molecular flexibility index (Phi) is 6.18. The minimum atomic E-state index is -0.535. The van der Waals surface area contributed by atoms with Gasteiger partial charge in [0, 0.05) is 16.4 Å². The monoisotopic (exact) mass is 715 g/mol. The molecule has 0 saturated carbocycles. The summed E-state index contributed by atoms with van der Waals surface area (Å²) in [6.07, 6.45) is 0.